The van der Waals surface area contributed by atoms with Crippen molar-refractivity contribution in [2.75, 3.05) is 33.3 Å². The molecule has 2 aliphatic rings. The molecule has 0 radical (unpaired) electrons. The topological polar surface area (TPSA) is 128 Å². The average molecular weight is 461 g/mol. The van der Waals surface area contributed by atoms with Crippen molar-refractivity contribution in [2.24, 2.45) is 5.92 Å². The Bertz CT molecular complexity index is 899. The Morgan fingerprint density at radius 2 is 1.88 bits per heavy atom. The maximum atomic E-state index is 13.0. The number of nitrogens with zero attached hydrogens (tertiary/aromatic N) is 2. The lowest BCUT2D eigenvalue weighted by atomic mass is 10.0. The summed E-state index contributed by atoms with van der Waals surface area (Å²) in [6.45, 7) is 4.62. The maximum Gasteiger partial charge on any atom is 0.255 e. The van der Waals surface area contributed by atoms with Gasteiger partial charge < -0.3 is 30.3 Å². The van der Waals surface area contributed by atoms with E-state index >= 15 is 0 Å². The predicted molar refractivity (Wildman–Crippen MR) is 119 cm³/mol. The van der Waals surface area contributed by atoms with Gasteiger partial charge >= 0.3 is 0 Å². The Labute approximate surface area is 193 Å². The van der Waals surface area contributed by atoms with Gasteiger partial charge in [0.15, 0.2) is 0 Å². The molecular formula is C23H32N4O6. The average Bonchev–Trinajstić information content (AvgIpc) is 2.74. The first-order valence-electron chi connectivity index (χ1n) is 11.2. The number of fused-ring (bicyclic) bond motifs is 1. The lowest BCUT2D eigenvalue weighted by Crippen LogP contribution is -2.60. The SMILES string of the molecule is CC(C)C[C@H]1NC(=O)C[C@@H](C(=O)N2CC(O)C2)NC(=O)c2ccccc2OCCN(C)C1=O. The minimum atomic E-state index is -1.14. The fourth-order valence-corrected chi connectivity index (χ4v) is 3.87. The van der Waals surface area contributed by atoms with Crippen LogP contribution >= 0.6 is 0 Å². The van der Waals surface area contributed by atoms with Crippen LogP contribution in [0.2, 0.25) is 0 Å². The summed E-state index contributed by atoms with van der Waals surface area (Å²) in [6, 6.07) is 4.70. The van der Waals surface area contributed by atoms with Gasteiger partial charge in [0.25, 0.3) is 5.91 Å². The second kappa shape index (κ2) is 10.7. The van der Waals surface area contributed by atoms with Crippen LogP contribution in [-0.4, -0.2) is 90.0 Å². The van der Waals surface area contributed by atoms with E-state index < -0.39 is 35.9 Å². The molecule has 10 heteroatoms. The number of likely N-dealkylation sites (N-methyl/N-ethyl adjacent to an activating group) is 1. The molecule has 0 saturated carbocycles. The highest BCUT2D eigenvalue weighted by Gasteiger charge is 2.36. The van der Waals surface area contributed by atoms with Gasteiger partial charge in [-0.1, -0.05) is 26.0 Å². The number of para-hydroxylation sites is 1. The first kappa shape index (κ1) is 24.5. The number of ether oxygens (including phenoxy) is 1. The van der Waals surface area contributed by atoms with Gasteiger partial charge in [-0.3, -0.25) is 19.2 Å². The van der Waals surface area contributed by atoms with E-state index in [4.69, 9.17) is 4.74 Å². The summed E-state index contributed by atoms with van der Waals surface area (Å²) in [4.78, 5) is 54.7. The summed E-state index contributed by atoms with van der Waals surface area (Å²) >= 11 is 0. The highest BCUT2D eigenvalue weighted by molar-refractivity contribution is 6.01. The summed E-state index contributed by atoms with van der Waals surface area (Å²) in [5, 5.41) is 15.0. The van der Waals surface area contributed by atoms with Gasteiger partial charge in [-0.05, 0) is 24.5 Å². The summed E-state index contributed by atoms with van der Waals surface area (Å²) in [5.74, 6) is -1.29. The summed E-state index contributed by atoms with van der Waals surface area (Å²) in [6.07, 6.45) is -0.511. The second-order valence-electron chi connectivity index (χ2n) is 8.98. The molecule has 3 rings (SSSR count). The number of hydrogen-bond donors (Lipinski definition) is 3. The van der Waals surface area contributed by atoms with Gasteiger partial charge in [0.05, 0.1) is 24.6 Å². The molecule has 1 aromatic carbocycles. The monoisotopic (exact) mass is 460 g/mol. The van der Waals surface area contributed by atoms with Crippen LogP contribution in [0.1, 0.15) is 37.0 Å². The highest BCUT2D eigenvalue weighted by atomic mass is 16.5. The standard InChI is InChI=1S/C23H32N4O6/c1-14(2)10-17-22(31)26(3)8-9-33-19-7-5-4-6-16(19)21(30)25-18(11-20(29)24-17)23(32)27-12-15(28)13-27/h4-7,14-15,17-18,28H,8-13H2,1-3H3,(H,24,29)(H,25,30)/t17-,18+/m1/s1. The van der Waals surface area contributed by atoms with E-state index in [1.165, 1.54) is 9.80 Å². The molecule has 33 heavy (non-hydrogen) atoms. The van der Waals surface area contributed by atoms with Crippen molar-refractivity contribution >= 4 is 23.6 Å². The van der Waals surface area contributed by atoms with Crippen molar-refractivity contribution in [1.29, 1.82) is 0 Å². The first-order chi connectivity index (χ1) is 15.7. The molecule has 1 aromatic rings. The molecule has 10 nitrogen and oxygen atoms in total. The second-order valence-corrected chi connectivity index (χ2v) is 8.98. The number of carbonyl (C=O) groups is 4. The zero-order valence-electron chi connectivity index (χ0n) is 19.2. The molecule has 1 fully saturated rings. The van der Waals surface area contributed by atoms with Crippen molar-refractivity contribution < 1.29 is 29.0 Å². The fourth-order valence-electron chi connectivity index (χ4n) is 3.87. The lowest BCUT2D eigenvalue weighted by molar-refractivity contribution is -0.145. The molecule has 180 valence electrons. The molecule has 4 amide bonds. The third-order valence-electron chi connectivity index (χ3n) is 5.70. The quantitative estimate of drug-likeness (QED) is 0.571. The van der Waals surface area contributed by atoms with Gasteiger partial charge in [0.1, 0.15) is 24.4 Å². The predicted octanol–water partition coefficient (Wildman–Crippen LogP) is -0.240. The molecule has 2 heterocycles. The molecule has 0 unspecified atom stereocenters. The zero-order chi connectivity index (χ0) is 24.1. The van der Waals surface area contributed by atoms with Gasteiger partial charge in [0.2, 0.25) is 17.7 Å². The van der Waals surface area contributed by atoms with Gasteiger partial charge in [0, 0.05) is 20.1 Å². The number of β-amino-alcohol motifs (C(OH)–C–C–N with tert-alkyl or cyclic N) is 1. The molecule has 0 spiro atoms. The molecule has 1 saturated heterocycles. The van der Waals surface area contributed by atoms with Gasteiger partial charge in [-0.15, -0.1) is 0 Å². The van der Waals surface area contributed by atoms with E-state index in [1.54, 1.807) is 31.3 Å². The minimum Gasteiger partial charge on any atom is -0.491 e. The van der Waals surface area contributed by atoms with E-state index in [2.05, 4.69) is 10.6 Å². The summed E-state index contributed by atoms with van der Waals surface area (Å²) in [7, 11) is 1.64. The Hall–Kier alpha value is -3.14. The molecule has 0 aliphatic carbocycles. The van der Waals surface area contributed by atoms with Crippen molar-refractivity contribution in [1.82, 2.24) is 20.4 Å². The van der Waals surface area contributed by atoms with E-state index in [1.807, 2.05) is 13.8 Å². The van der Waals surface area contributed by atoms with Crippen molar-refractivity contribution in [2.45, 2.75) is 44.9 Å². The molecule has 0 aromatic heterocycles. The number of likely N-dealkylation sites (tertiary alicyclic amines) is 1. The molecule has 2 atom stereocenters. The first-order valence-corrected chi connectivity index (χ1v) is 11.2. The van der Waals surface area contributed by atoms with E-state index in [-0.39, 0.29) is 50.1 Å². The van der Waals surface area contributed by atoms with Gasteiger partial charge in [-0.2, -0.15) is 0 Å². The summed E-state index contributed by atoms with van der Waals surface area (Å²) < 4.78 is 5.78. The number of aliphatic hydroxyl groups excluding tert-OH is 1. The van der Waals surface area contributed by atoms with Crippen LogP contribution in [0.25, 0.3) is 0 Å². The normalized spacial score (nSPS) is 23.1. The number of hydrogen-bond acceptors (Lipinski definition) is 6. The van der Waals surface area contributed by atoms with Crippen molar-refractivity contribution in [3.8, 4) is 5.75 Å². The Balaban J connectivity index is 1.89. The smallest absolute Gasteiger partial charge is 0.255 e. The van der Waals surface area contributed by atoms with Crippen LogP contribution in [0.15, 0.2) is 24.3 Å². The number of carbonyl (C=O) groups excluding carboxylic acids is 4. The third-order valence-corrected chi connectivity index (χ3v) is 5.70. The van der Waals surface area contributed by atoms with Crippen LogP contribution in [0.5, 0.6) is 5.75 Å². The van der Waals surface area contributed by atoms with Crippen LogP contribution in [0.3, 0.4) is 0 Å². The fraction of sp³-hybridized carbons (Fsp3) is 0.565. The van der Waals surface area contributed by atoms with Crippen LogP contribution in [0, 0.1) is 5.92 Å². The van der Waals surface area contributed by atoms with E-state index in [0.29, 0.717) is 12.2 Å². The Morgan fingerprint density at radius 1 is 1.18 bits per heavy atom. The Morgan fingerprint density at radius 3 is 2.55 bits per heavy atom. The maximum absolute atomic E-state index is 13.0. The zero-order valence-corrected chi connectivity index (χ0v) is 19.2. The number of rotatable bonds is 3. The summed E-state index contributed by atoms with van der Waals surface area (Å²) in [5.41, 5.74) is 0.225. The molecule has 3 N–H and O–H groups in total. The number of benzene rings is 1. The molecule has 0 bridgehead atoms. The largest absolute Gasteiger partial charge is 0.491 e. The number of nitrogens with one attached hydrogen (secondary N) is 2. The number of aliphatic hydroxyl groups is 1. The molecular weight excluding hydrogens is 428 g/mol. The van der Waals surface area contributed by atoms with Crippen molar-refractivity contribution in [3.63, 3.8) is 0 Å². The molecule has 2 aliphatic heterocycles. The van der Waals surface area contributed by atoms with Crippen LogP contribution < -0.4 is 15.4 Å². The van der Waals surface area contributed by atoms with Crippen molar-refractivity contribution in [3.05, 3.63) is 29.8 Å². The van der Waals surface area contributed by atoms with Crippen LogP contribution in [-0.2, 0) is 14.4 Å². The number of amides is 4. The Kier molecular flexibility index (Phi) is 7.91. The van der Waals surface area contributed by atoms with E-state index in [0.717, 1.165) is 0 Å². The third kappa shape index (κ3) is 6.22. The highest BCUT2D eigenvalue weighted by Crippen LogP contribution is 2.19. The minimum absolute atomic E-state index is 0.145. The lowest BCUT2D eigenvalue weighted by Gasteiger charge is -2.38. The van der Waals surface area contributed by atoms with Crippen LogP contribution in [0.4, 0.5) is 0 Å². The van der Waals surface area contributed by atoms with Gasteiger partial charge in [-0.25, -0.2) is 0 Å². The van der Waals surface area contributed by atoms with E-state index in [9.17, 15) is 24.3 Å².